The van der Waals surface area contributed by atoms with Crippen molar-refractivity contribution in [2.45, 2.75) is 9.79 Å². The summed E-state index contributed by atoms with van der Waals surface area (Å²) < 4.78 is 78.1. The fourth-order valence-electron chi connectivity index (χ4n) is 2.72. The molecule has 0 heterocycles. The predicted molar refractivity (Wildman–Crippen MR) is 126 cm³/mol. The minimum Gasteiger partial charge on any atom is -0.296 e. The van der Waals surface area contributed by atoms with Crippen molar-refractivity contribution in [3.05, 3.63) is 78.9 Å². The fourth-order valence-corrected chi connectivity index (χ4v) is 5.70. The van der Waals surface area contributed by atoms with E-state index >= 15 is 0 Å². The zero-order valence-corrected chi connectivity index (χ0v) is 20.2. The van der Waals surface area contributed by atoms with Gasteiger partial charge in [-0.3, -0.25) is 23.6 Å². The van der Waals surface area contributed by atoms with Crippen LogP contribution in [0.15, 0.2) is 88.7 Å². The van der Waals surface area contributed by atoms with Crippen LogP contribution in [0.3, 0.4) is 0 Å². The van der Waals surface area contributed by atoms with Crippen LogP contribution in [-0.2, 0) is 33.7 Å². The number of benzene rings is 3. The van der Waals surface area contributed by atoms with E-state index in [9.17, 15) is 21.4 Å². The van der Waals surface area contributed by atoms with E-state index in [-0.39, 0.29) is 26.9 Å². The third-order valence-electron chi connectivity index (χ3n) is 4.36. The van der Waals surface area contributed by atoms with Crippen LogP contribution in [0, 0.1) is 0 Å². The maximum absolute atomic E-state index is 12.8. The second-order valence-electron chi connectivity index (χ2n) is 6.57. The molecule has 0 aliphatic heterocycles. The van der Waals surface area contributed by atoms with E-state index in [0.717, 1.165) is 14.2 Å². The molecule has 0 amide bonds. The summed E-state index contributed by atoms with van der Waals surface area (Å²) in [4.78, 5) is 0.0410. The first-order chi connectivity index (χ1) is 15.6. The Kier molecular flexibility index (Phi) is 7.45. The molecule has 0 radical (unpaired) electrons. The summed E-state index contributed by atoms with van der Waals surface area (Å²) >= 11 is 0. The van der Waals surface area contributed by atoms with Crippen LogP contribution in [0.2, 0.25) is 0 Å². The monoisotopic (exact) mass is 511 g/mol. The van der Waals surface area contributed by atoms with E-state index in [1.165, 1.54) is 42.5 Å². The third kappa shape index (κ3) is 6.12. The normalized spacial score (nSPS) is 12.2. The molecule has 0 unspecified atom stereocenters. The van der Waals surface area contributed by atoms with Crippen molar-refractivity contribution < 1.29 is 30.4 Å². The lowest BCUT2D eigenvalue weighted by Gasteiger charge is -2.20. The average molecular weight is 512 g/mol. The lowest BCUT2D eigenvalue weighted by molar-refractivity contribution is 0.281. The smallest absolute Gasteiger partial charge is 0.296 e. The fraction of sp³-hybridized carbons (Fsp3) is 0.100. The summed E-state index contributed by atoms with van der Waals surface area (Å²) in [5.41, 5.74) is 0.0495. The van der Waals surface area contributed by atoms with Crippen LogP contribution in [0.4, 0.5) is 17.1 Å². The number of sulfonamides is 2. The summed E-state index contributed by atoms with van der Waals surface area (Å²) in [6, 6.07) is 19.3. The second-order valence-corrected chi connectivity index (χ2v) is 11.9. The van der Waals surface area contributed by atoms with Gasteiger partial charge in [-0.1, -0.05) is 36.4 Å². The van der Waals surface area contributed by atoms with Gasteiger partial charge < -0.3 is 0 Å². The molecule has 10 nitrogen and oxygen atoms in total. The quantitative estimate of drug-likeness (QED) is 0.346. The van der Waals surface area contributed by atoms with Gasteiger partial charge in [-0.15, -0.1) is 0 Å². The molecule has 3 aromatic rings. The van der Waals surface area contributed by atoms with Gasteiger partial charge in [-0.05, 0) is 42.5 Å². The van der Waals surface area contributed by atoms with Gasteiger partial charge in [0, 0.05) is 14.2 Å². The summed E-state index contributed by atoms with van der Waals surface area (Å²) in [5, 5.41) is 2.51. The minimum atomic E-state index is -4.00. The molecule has 3 aromatic carbocycles. The molecule has 33 heavy (non-hydrogen) atoms. The standard InChI is InChI=1S/C20H22N3O7PS2/c1-29-31(24,30-2)21-20-15-16(22-32(25,26)17-9-5-3-6-10-17)13-14-19(20)23-33(27,28)18-11-7-4-8-12-18/h3-15,22-23H,1-2H3,(H,21,24). The van der Waals surface area contributed by atoms with Crippen molar-refractivity contribution >= 4 is 44.9 Å². The molecule has 0 aliphatic rings. The summed E-state index contributed by atoms with van der Waals surface area (Å²) in [7, 11) is -9.49. The molecule has 3 N–H and O–H groups in total. The Morgan fingerprint density at radius 1 is 0.667 bits per heavy atom. The topological polar surface area (TPSA) is 140 Å². The van der Waals surface area contributed by atoms with Gasteiger partial charge in [0.1, 0.15) is 0 Å². The van der Waals surface area contributed by atoms with E-state index in [1.807, 2.05) is 0 Å². The maximum atomic E-state index is 12.8. The number of hydrogen-bond donors (Lipinski definition) is 3. The highest BCUT2D eigenvalue weighted by Crippen LogP contribution is 2.48. The molecule has 13 heteroatoms. The Balaban J connectivity index is 2.00. The van der Waals surface area contributed by atoms with Gasteiger partial charge in [0.2, 0.25) is 0 Å². The largest absolute Gasteiger partial charge is 0.432 e. The molecule has 0 spiro atoms. The maximum Gasteiger partial charge on any atom is 0.432 e. The van der Waals surface area contributed by atoms with Crippen LogP contribution in [-0.4, -0.2) is 31.1 Å². The molecule has 176 valence electrons. The molecular weight excluding hydrogens is 489 g/mol. The Bertz CT molecular complexity index is 1360. The van der Waals surface area contributed by atoms with Gasteiger partial charge >= 0.3 is 7.75 Å². The van der Waals surface area contributed by atoms with Crippen LogP contribution >= 0.6 is 7.75 Å². The third-order valence-corrected chi connectivity index (χ3v) is 8.62. The Hall–Kier alpha value is -2.89. The van der Waals surface area contributed by atoms with Crippen LogP contribution in [0.5, 0.6) is 0 Å². The molecule has 3 rings (SSSR count). The lowest BCUT2D eigenvalue weighted by Crippen LogP contribution is -2.16. The van der Waals surface area contributed by atoms with E-state index in [0.29, 0.717) is 0 Å². The molecule has 0 saturated heterocycles. The van der Waals surface area contributed by atoms with E-state index in [1.54, 1.807) is 36.4 Å². The molecular formula is C20H22N3O7PS2. The molecule has 0 aromatic heterocycles. The number of rotatable bonds is 10. The van der Waals surface area contributed by atoms with Crippen molar-refractivity contribution in [2.24, 2.45) is 0 Å². The van der Waals surface area contributed by atoms with Crippen molar-refractivity contribution in [3.63, 3.8) is 0 Å². The van der Waals surface area contributed by atoms with Crippen molar-refractivity contribution in [3.8, 4) is 0 Å². The zero-order chi connectivity index (χ0) is 24.1. The predicted octanol–water partition coefficient (Wildman–Crippen LogP) is 4.10. The highest BCUT2D eigenvalue weighted by Gasteiger charge is 2.25. The Labute approximate surface area is 192 Å². The van der Waals surface area contributed by atoms with Crippen LogP contribution in [0.1, 0.15) is 0 Å². The average Bonchev–Trinajstić information content (AvgIpc) is 2.81. The highest BCUT2D eigenvalue weighted by atomic mass is 32.2. The van der Waals surface area contributed by atoms with Crippen molar-refractivity contribution in [2.75, 3.05) is 28.8 Å². The summed E-state index contributed by atoms with van der Waals surface area (Å²) in [5.74, 6) is 0. The van der Waals surface area contributed by atoms with Gasteiger partial charge in [0.05, 0.1) is 26.9 Å². The summed E-state index contributed by atoms with van der Waals surface area (Å²) in [6.45, 7) is 0. The van der Waals surface area contributed by atoms with Gasteiger partial charge in [0.25, 0.3) is 20.0 Å². The first-order valence-electron chi connectivity index (χ1n) is 9.38. The molecule has 0 fully saturated rings. The van der Waals surface area contributed by atoms with Gasteiger partial charge in [-0.2, -0.15) is 0 Å². The van der Waals surface area contributed by atoms with Crippen LogP contribution in [0.25, 0.3) is 0 Å². The second kappa shape index (κ2) is 9.94. The Morgan fingerprint density at radius 3 is 1.64 bits per heavy atom. The number of hydrogen-bond acceptors (Lipinski definition) is 7. The van der Waals surface area contributed by atoms with Gasteiger partial charge in [0.15, 0.2) is 0 Å². The zero-order valence-electron chi connectivity index (χ0n) is 17.6. The first-order valence-corrected chi connectivity index (χ1v) is 13.9. The van der Waals surface area contributed by atoms with Crippen molar-refractivity contribution in [1.29, 1.82) is 0 Å². The van der Waals surface area contributed by atoms with E-state index in [4.69, 9.17) is 9.05 Å². The van der Waals surface area contributed by atoms with Gasteiger partial charge in [-0.25, -0.2) is 21.4 Å². The Morgan fingerprint density at radius 2 is 1.15 bits per heavy atom. The molecule has 0 saturated carbocycles. The molecule has 0 bridgehead atoms. The minimum absolute atomic E-state index is 0.00385. The number of nitrogens with one attached hydrogen (secondary N) is 3. The number of anilines is 3. The van der Waals surface area contributed by atoms with E-state index < -0.39 is 27.8 Å². The molecule has 0 atom stereocenters. The van der Waals surface area contributed by atoms with E-state index in [2.05, 4.69) is 14.5 Å². The lowest BCUT2D eigenvalue weighted by atomic mass is 10.2. The first kappa shape index (κ1) is 24.7. The SMILES string of the molecule is COP(=O)(Nc1cc(NS(=O)(=O)c2ccccc2)ccc1NS(=O)(=O)c1ccccc1)OC. The molecule has 0 aliphatic carbocycles. The van der Waals surface area contributed by atoms with Crippen molar-refractivity contribution in [1.82, 2.24) is 0 Å². The highest BCUT2D eigenvalue weighted by molar-refractivity contribution is 7.93. The summed E-state index contributed by atoms with van der Waals surface area (Å²) in [6.07, 6.45) is 0. The van der Waals surface area contributed by atoms with Crippen LogP contribution < -0.4 is 14.5 Å².